The first-order valence-corrected chi connectivity index (χ1v) is 6.51. The van der Waals surface area contributed by atoms with E-state index in [4.69, 9.17) is 0 Å². The standard InChI is InChI=1S/C10H10N6O3S/c17-9(18)7-1-5-6(12-4-11-5)3-16(7)10(19)14-8-2-13-15-20-8/h2,4,7H,1,3H2,(H,11,12)(H,14,19)(H,17,18). The summed E-state index contributed by atoms with van der Waals surface area (Å²) in [4.78, 5) is 31.7. The van der Waals surface area contributed by atoms with Gasteiger partial charge in [0.1, 0.15) is 11.0 Å². The minimum Gasteiger partial charge on any atom is -0.480 e. The number of aliphatic carboxylic acids is 1. The number of nitrogens with one attached hydrogen (secondary N) is 2. The Morgan fingerprint density at radius 3 is 3.10 bits per heavy atom. The third kappa shape index (κ3) is 2.20. The van der Waals surface area contributed by atoms with Gasteiger partial charge in [-0.05, 0) is 0 Å². The predicted molar refractivity (Wildman–Crippen MR) is 68.2 cm³/mol. The van der Waals surface area contributed by atoms with Gasteiger partial charge in [0, 0.05) is 18.0 Å². The normalized spacial score (nSPS) is 17.6. The van der Waals surface area contributed by atoms with Crippen LogP contribution in [0.1, 0.15) is 11.4 Å². The molecule has 10 heteroatoms. The van der Waals surface area contributed by atoms with Crippen LogP contribution in [0.25, 0.3) is 0 Å². The Kier molecular flexibility index (Phi) is 3.06. The summed E-state index contributed by atoms with van der Waals surface area (Å²) in [6, 6.07) is -1.43. The predicted octanol–water partition coefficient (Wildman–Crippen LogP) is 0.305. The zero-order valence-electron chi connectivity index (χ0n) is 10.1. The van der Waals surface area contributed by atoms with Crippen LogP contribution in [0.2, 0.25) is 0 Å². The summed E-state index contributed by atoms with van der Waals surface area (Å²) in [5.41, 5.74) is 1.43. The van der Waals surface area contributed by atoms with Crippen LogP contribution in [0, 0.1) is 0 Å². The molecule has 0 bridgehead atoms. The molecule has 3 heterocycles. The maximum absolute atomic E-state index is 12.2. The number of nitrogens with zero attached hydrogens (tertiary/aromatic N) is 4. The number of rotatable bonds is 2. The van der Waals surface area contributed by atoms with Gasteiger partial charge in [0.15, 0.2) is 0 Å². The van der Waals surface area contributed by atoms with Crippen molar-refractivity contribution < 1.29 is 14.7 Å². The lowest BCUT2D eigenvalue weighted by Crippen LogP contribution is -2.50. The Hall–Kier alpha value is -2.49. The van der Waals surface area contributed by atoms with Crippen LogP contribution in [0.3, 0.4) is 0 Å². The van der Waals surface area contributed by atoms with E-state index in [-0.39, 0.29) is 13.0 Å². The number of fused-ring (bicyclic) bond motifs is 1. The number of hydrogen-bond donors (Lipinski definition) is 3. The smallest absolute Gasteiger partial charge is 0.326 e. The molecule has 0 aromatic carbocycles. The summed E-state index contributed by atoms with van der Waals surface area (Å²) in [7, 11) is 0. The highest BCUT2D eigenvalue weighted by atomic mass is 32.1. The number of urea groups is 1. The molecule has 1 unspecified atom stereocenters. The lowest BCUT2D eigenvalue weighted by atomic mass is 10.0. The number of carbonyl (C=O) groups excluding carboxylic acids is 1. The number of H-pyrrole nitrogens is 1. The van der Waals surface area contributed by atoms with Crippen molar-refractivity contribution in [2.75, 3.05) is 5.32 Å². The van der Waals surface area contributed by atoms with Gasteiger partial charge < -0.3 is 15.0 Å². The van der Waals surface area contributed by atoms with Gasteiger partial charge in [-0.25, -0.2) is 14.6 Å². The second-order valence-corrected chi connectivity index (χ2v) is 5.01. The lowest BCUT2D eigenvalue weighted by molar-refractivity contribution is -0.142. The first-order chi connectivity index (χ1) is 9.65. The fraction of sp³-hybridized carbons (Fsp3) is 0.300. The van der Waals surface area contributed by atoms with Crippen LogP contribution in [0.5, 0.6) is 0 Å². The van der Waals surface area contributed by atoms with E-state index >= 15 is 0 Å². The summed E-state index contributed by atoms with van der Waals surface area (Å²) < 4.78 is 3.63. The monoisotopic (exact) mass is 294 g/mol. The van der Waals surface area contributed by atoms with Gasteiger partial charge in [-0.15, -0.1) is 5.10 Å². The van der Waals surface area contributed by atoms with Crippen LogP contribution in [0.4, 0.5) is 9.80 Å². The molecule has 3 rings (SSSR count). The first-order valence-electron chi connectivity index (χ1n) is 5.74. The average molecular weight is 294 g/mol. The van der Waals surface area contributed by atoms with E-state index in [1.165, 1.54) is 17.4 Å². The van der Waals surface area contributed by atoms with Crippen molar-refractivity contribution in [2.45, 2.75) is 19.0 Å². The molecular formula is C10H10N6O3S. The third-order valence-electron chi connectivity index (χ3n) is 3.04. The largest absolute Gasteiger partial charge is 0.480 e. The summed E-state index contributed by atoms with van der Waals surface area (Å²) in [5.74, 6) is -1.06. The molecule has 3 N–H and O–H groups in total. The van der Waals surface area contributed by atoms with E-state index in [0.29, 0.717) is 10.7 Å². The molecular weight excluding hydrogens is 284 g/mol. The summed E-state index contributed by atoms with van der Waals surface area (Å²) in [6.45, 7) is 0.171. The number of hydrogen-bond acceptors (Lipinski definition) is 6. The lowest BCUT2D eigenvalue weighted by Gasteiger charge is -2.31. The molecule has 2 amide bonds. The topological polar surface area (TPSA) is 124 Å². The number of carboxylic acids is 1. The van der Waals surface area contributed by atoms with Crippen molar-refractivity contribution in [2.24, 2.45) is 0 Å². The number of amides is 2. The molecule has 0 fully saturated rings. The van der Waals surface area contributed by atoms with Crippen molar-refractivity contribution >= 4 is 28.5 Å². The van der Waals surface area contributed by atoms with Crippen molar-refractivity contribution in [3.05, 3.63) is 23.9 Å². The maximum Gasteiger partial charge on any atom is 0.326 e. The van der Waals surface area contributed by atoms with Crippen molar-refractivity contribution in [3.8, 4) is 0 Å². The highest BCUT2D eigenvalue weighted by molar-refractivity contribution is 7.10. The Morgan fingerprint density at radius 1 is 1.55 bits per heavy atom. The molecule has 1 atom stereocenters. The molecule has 9 nitrogen and oxygen atoms in total. The van der Waals surface area contributed by atoms with E-state index in [0.717, 1.165) is 17.2 Å². The molecule has 0 saturated heterocycles. The van der Waals surface area contributed by atoms with E-state index in [9.17, 15) is 14.7 Å². The van der Waals surface area contributed by atoms with Gasteiger partial charge >= 0.3 is 12.0 Å². The molecule has 0 aliphatic carbocycles. The van der Waals surface area contributed by atoms with Gasteiger partial charge in [-0.2, -0.15) is 0 Å². The van der Waals surface area contributed by atoms with Crippen LogP contribution >= 0.6 is 11.5 Å². The fourth-order valence-electron chi connectivity index (χ4n) is 2.07. The third-order valence-corrected chi connectivity index (χ3v) is 3.62. The second-order valence-electron chi connectivity index (χ2n) is 4.23. The average Bonchev–Trinajstić information content (AvgIpc) is 3.06. The molecule has 104 valence electrons. The summed E-state index contributed by atoms with van der Waals surface area (Å²) in [6.07, 6.45) is 3.09. The zero-order chi connectivity index (χ0) is 14.1. The minimum atomic E-state index is -1.06. The molecule has 2 aromatic rings. The van der Waals surface area contributed by atoms with E-state index in [1.807, 2.05) is 0 Å². The SMILES string of the molecule is O=C(O)C1Cc2nc[nH]c2CN1C(=O)Nc1cnns1. The molecule has 1 aliphatic heterocycles. The van der Waals surface area contributed by atoms with E-state index in [1.54, 1.807) is 0 Å². The molecule has 1 aliphatic rings. The van der Waals surface area contributed by atoms with Gasteiger partial charge in [0.2, 0.25) is 0 Å². The van der Waals surface area contributed by atoms with Gasteiger partial charge in [0.05, 0.1) is 30.5 Å². The maximum atomic E-state index is 12.2. The summed E-state index contributed by atoms with van der Waals surface area (Å²) in [5, 5.41) is 15.9. The van der Waals surface area contributed by atoms with Crippen molar-refractivity contribution in [3.63, 3.8) is 0 Å². The molecule has 2 aromatic heterocycles. The Bertz CT molecular complexity index is 639. The van der Waals surface area contributed by atoms with Crippen LogP contribution < -0.4 is 5.32 Å². The number of anilines is 1. The van der Waals surface area contributed by atoms with Crippen LogP contribution in [-0.2, 0) is 17.8 Å². The molecule has 0 saturated carbocycles. The number of carbonyl (C=O) groups is 2. The quantitative estimate of drug-likeness (QED) is 0.732. The minimum absolute atomic E-state index is 0.171. The molecule has 0 radical (unpaired) electrons. The van der Waals surface area contributed by atoms with Crippen molar-refractivity contribution in [1.82, 2.24) is 24.5 Å². The van der Waals surface area contributed by atoms with E-state index in [2.05, 4.69) is 24.9 Å². The Morgan fingerprint density at radius 2 is 2.40 bits per heavy atom. The molecule has 0 spiro atoms. The Balaban J connectivity index is 1.82. The number of aromatic nitrogens is 4. The second kappa shape index (κ2) is 4.89. The van der Waals surface area contributed by atoms with Gasteiger partial charge in [-0.1, -0.05) is 4.49 Å². The van der Waals surface area contributed by atoms with Crippen LogP contribution in [-0.4, -0.2) is 47.6 Å². The molecule has 20 heavy (non-hydrogen) atoms. The highest BCUT2D eigenvalue weighted by Gasteiger charge is 2.36. The van der Waals surface area contributed by atoms with Crippen LogP contribution in [0.15, 0.2) is 12.5 Å². The number of carboxylic acid groups (broad SMARTS) is 1. The highest BCUT2D eigenvalue weighted by Crippen LogP contribution is 2.22. The number of aromatic amines is 1. The first kappa shape index (κ1) is 12.5. The Labute approximate surface area is 116 Å². The summed E-state index contributed by atoms with van der Waals surface area (Å²) >= 11 is 1.02. The zero-order valence-corrected chi connectivity index (χ0v) is 10.9. The number of imidazole rings is 1. The van der Waals surface area contributed by atoms with Crippen molar-refractivity contribution in [1.29, 1.82) is 0 Å². The van der Waals surface area contributed by atoms with Gasteiger partial charge in [0.25, 0.3) is 0 Å². The fourth-order valence-corrected chi connectivity index (χ4v) is 2.48. The van der Waals surface area contributed by atoms with E-state index < -0.39 is 18.0 Å². The van der Waals surface area contributed by atoms with Gasteiger partial charge in [-0.3, -0.25) is 5.32 Å².